The van der Waals surface area contributed by atoms with E-state index in [0.717, 1.165) is 0 Å². The number of carbonyl (C=O) groups excluding carboxylic acids is 1. The lowest BCUT2D eigenvalue weighted by Gasteiger charge is -2.28. The highest BCUT2D eigenvalue weighted by molar-refractivity contribution is 8.07. The lowest BCUT2D eigenvalue weighted by molar-refractivity contribution is -0.117. The van der Waals surface area contributed by atoms with Gasteiger partial charge in [0.15, 0.2) is 0 Å². The Labute approximate surface area is 241 Å². The van der Waals surface area contributed by atoms with E-state index < -0.39 is 30.9 Å². The molecule has 0 bridgehead atoms. The normalized spacial score (nSPS) is 18.4. The number of carbonyl (C=O) groups is 1. The predicted octanol–water partition coefficient (Wildman–Crippen LogP) is 0.455. The minimum Gasteiger partial charge on any atom is -0.384 e. The third-order valence-corrected chi connectivity index (χ3v) is 6.24. The molecule has 0 aromatic carbocycles. The average Bonchev–Trinajstić information content (AvgIpc) is 3.24. The van der Waals surface area contributed by atoms with Crippen LogP contribution in [0, 0.1) is 124 Å². The quantitative estimate of drug-likeness (QED) is 0.342. The van der Waals surface area contributed by atoms with Gasteiger partial charge in [0.05, 0.1) is 12.6 Å². The fourth-order valence-electron chi connectivity index (χ4n) is 3.11. The van der Waals surface area contributed by atoms with Gasteiger partial charge in [-0.25, -0.2) is 0 Å². The van der Waals surface area contributed by atoms with Crippen LogP contribution in [0.15, 0.2) is 0 Å². The van der Waals surface area contributed by atoms with E-state index in [0.29, 0.717) is 13.0 Å². The first-order chi connectivity index (χ1) is 19.4. The van der Waals surface area contributed by atoms with Crippen molar-refractivity contribution in [1.29, 1.82) is 0 Å². The molecule has 7 nitrogen and oxygen atoms in total. The monoisotopic (exact) mass is 567 g/mol. The number of nitrogens with one attached hydrogen (secondary N) is 1. The molecule has 198 valence electrons. The maximum Gasteiger partial charge on any atom is 0.324 e. The first kappa shape index (κ1) is 33.5. The summed E-state index contributed by atoms with van der Waals surface area (Å²) >= 11 is 4.96. The van der Waals surface area contributed by atoms with Crippen molar-refractivity contribution in [3.05, 3.63) is 0 Å². The number of amides is 1. The average molecular weight is 568 g/mol. The van der Waals surface area contributed by atoms with E-state index >= 15 is 0 Å². The molecular formula is C31H22NO6PS. The molecule has 1 aliphatic rings. The first-order valence-electron chi connectivity index (χ1n) is 11.2. The molecule has 0 aromatic rings. The van der Waals surface area contributed by atoms with Gasteiger partial charge in [0.2, 0.25) is 0 Å². The summed E-state index contributed by atoms with van der Waals surface area (Å²) in [6, 6.07) is -0.454. The zero-order chi connectivity index (χ0) is 29.5. The van der Waals surface area contributed by atoms with Crippen LogP contribution in [0.3, 0.4) is 0 Å². The number of rotatable bonds is 7. The minimum atomic E-state index is -3.46. The highest BCUT2D eigenvalue weighted by atomic mass is 32.5. The summed E-state index contributed by atoms with van der Waals surface area (Å²) in [4.78, 5) is 22.4. The van der Waals surface area contributed by atoms with Gasteiger partial charge in [0.25, 0.3) is 5.91 Å². The molecule has 0 heterocycles. The number of hydrogen-bond donors (Lipinski definition) is 2. The van der Waals surface area contributed by atoms with Crippen LogP contribution in [0.25, 0.3) is 0 Å². The zero-order valence-electron chi connectivity index (χ0n) is 22.1. The fraction of sp³-hybridized carbons (Fsp3) is 0.323. The van der Waals surface area contributed by atoms with E-state index in [1.165, 1.54) is 21.3 Å². The fourth-order valence-corrected chi connectivity index (χ4v) is 4.09. The summed E-state index contributed by atoms with van der Waals surface area (Å²) in [5.41, 5.74) is 0. The molecule has 1 rings (SSSR count). The highest BCUT2D eigenvalue weighted by Crippen LogP contribution is 2.48. The summed E-state index contributed by atoms with van der Waals surface area (Å²) in [7, 11) is 4.27. The summed E-state index contributed by atoms with van der Waals surface area (Å²) in [5.74, 6) is 49.1. The summed E-state index contributed by atoms with van der Waals surface area (Å²) in [5, 5.41) is 2.77. The smallest absolute Gasteiger partial charge is 0.324 e. The Morgan fingerprint density at radius 3 is 1.65 bits per heavy atom. The van der Waals surface area contributed by atoms with Gasteiger partial charge < -0.3 is 28.7 Å². The Morgan fingerprint density at radius 2 is 1.25 bits per heavy atom. The molecule has 5 atom stereocenters. The van der Waals surface area contributed by atoms with Gasteiger partial charge in [-0.15, -0.1) is 0 Å². The maximum absolute atomic E-state index is 12.3. The number of ether oxygens (including phenoxy) is 2. The molecule has 0 aromatic heterocycles. The van der Waals surface area contributed by atoms with Crippen LogP contribution in [0.5, 0.6) is 0 Å². The molecule has 40 heavy (non-hydrogen) atoms. The van der Waals surface area contributed by atoms with Crippen molar-refractivity contribution in [3.63, 3.8) is 0 Å². The second-order valence-corrected chi connectivity index (χ2v) is 9.97. The van der Waals surface area contributed by atoms with E-state index in [1.807, 2.05) is 0 Å². The number of hydrogen-bond acceptors (Lipinski definition) is 6. The molecule has 1 fully saturated rings. The summed E-state index contributed by atoms with van der Waals surface area (Å²) in [6.07, 6.45) is -0.780. The molecule has 1 aliphatic carbocycles. The van der Waals surface area contributed by atoms with Crippen LogP contribution in [0.2, 0.25) is 0 Å². The lowest BCUT2D eigenvalue weighted by Crippen LogP contribution is -2.44. The third-order valence-electron chi connectivity index (χ3n) is 4.56. The van der Waals surface area contributed by atoms with Crippen LogP contribution < -0.4 is 5.32 Å². The van der Waals surface area contributed by atoms with Crippen molar-refractivity contribution >= 4 is 24.4 Å². The zero-order valence-corrected chi connectivity index (χ0v) is 23.8. The molecule has 0 saturated heterocycles. The van der Waals surface area contributed by atoms with Crippen molar-refractivity contribution in [2.24, 2.45) is 5.92 Å². The molecule has 1 amide bonds. The van der Waals surface area contributed by atoms with E-state index in [9.17, 15) is 9.69 Å². The second-order valence-electron chi connectivity index (χ2n) is 7.08. The Balaban J connectivity index is 2.64. The topological polar surface area (TPSA) is 86.3 Å². The Morgan fingerprint density at radius 1 is 0.800 bits per heavy atom. The third kappa shape index (κ3) is 14.5. The minimum absolute atomic E-state index is 0.198. The van der Waals surface area contributed by atoms with Gasteiger partial charge in [-0.05, 0) is 120 Å². The van der Waals surface area contributed by atoms with Crippen molar-refractivity contribution in [2.75, 3.05) is 27.9 Å². The first-order valence-corrected chi connectivity index (χ1v) is 13.8. The van der Waals surface area contributed by atoms with E-state index in [-0.39, 0.29) is 5.92 Å². The molecule has 0 aliphatic heterocycles. The van der Waals surface area contributed by atoms with Gasteiger partial charge in [-0.1, -0.05) is 5.92 Å². The van der Waals surface area contributed by atoms with Crippen molar-refractivity contribution in [2.45, 2.75) is 31.6 Å². The highest BCUT2D eigenvalue weighted by Gasteiger charge is 2.47. The molecule has 2 unspecified atom stereocenters. The van der Waals surface area contributed by atoms with Crippen molar-refractivity contribution < 1.29 is 28.2 Å². The Bertz CT molecular complexity index is 1630. The van der Waals surface area contributed by atoms with Crippen molar-refractivity contribution in [1.82, 2.24) is 5.32 Å². The molecule has 9 heteroatoms. The van der Waals surface area contributed by atoms with Gasteiger partial charge in [0, 0.05) is 45.0 Å². The van der Waals surface area contributed by atoms with E-state index in [4.69, 9.17) is 30.3 Å². The van der Waals surface area contributed by atoms with Gasteiger partial charge in [0.1, 0.15) is 12.2 Å². The summed E-state index contributed by atoms with van der Waals surface area (Å²) in [6.45, 7) is -1.46. The largest absolute Gasteiger partial charge is 0.384 e. The van der Waals surface area contributed by atoms with Gasteiger partial charge >= 0.3 is 6.72 Å². The maximum atomic E-state index is 12.3. The molecule has 0 radical (unpaired) electrons. The SMILES string of the molecule is CC#CC#CC#CC#CC#CC#CC#CC#CC#CC#CC(=O)N[C@@H]1C[C@H](COC)[C@H](OP(O)(=S)OC)C1OC. The standard InChI is InChI=1S/C31H22NO6PS/c1-5-6-7-8-9-10-11-12-13-14-15-16-17-18-19-20-21-22-23-24-29(33)32-28-25-27(26-35-2)30(31(28)36-3)38-39(34,40)37-4/h27-28,30-31H,25-26H2,1-4H3,(H,32,33)(H,34,40)/t27-,28-,30+,31?,39?/m1/s1. The van der Waals surface area contributed by atoms with Crippen LogP contribution in [0.1, 0.15) is 13.3 Å². The van der Waals surface area contributed by atoms with Crippen LogP contribution in [-0.4, -0.2) is 57.0 Å². The predicted molar refractivity (Wildman–Crippen MR) is 155 cm³/mol. The van der Waals surface area contributed by atoms with E-state index in [1.54, 1.807) is 6.92 Å². The summed E-state index contributed by atoms with van der Waals surface area (Å²) < 4.78 is 21.2. The van der Waals surface area contributed by atoms with Gasteiger partial charge in [-0.2, -0.15) is 0 Å². The van der Waals surface area contributed by atoms with Gasteiger partial charge in [-0.3, -0.25) is 4.79 Å². The van der Waals surface area contributed by atoms with Crippen molar-refractivity contribution in [3.8, 4) is 118 Å². The van der Waals surface area contributed by atoms with Crippen LogP contribution >= 0.6 is 6.72 Å². The molecule has 2 N–H and O–H groups in total. The van der Waals surface area contributed by atoms with Crippen LogP contribution in [-0.2, 0) is 35.1 Å². The van der Waals surface area contributed by atoms with E-state index in [2.05, 4.69) is 124 Å². The lowest BCUT2D eigenvalue weighted by atomic mass is 10.1. The Hall–Kier alpha value is -4.48. The van der Waals surface area contributed by atoms with Crippen LogP contribution in [0.4, 0.5) is 0 Å². The Kier molecular flexibility index (Phi) is 17.2. The second kappa shape index (κ2) is 20.5. The molecule has 1 saturated carbocycles. The molecule has 0 spiro atoms. The molecular weight excluding hydrogens is 545 g/mol. The number of methoxy groups -OCH3 is 2.